The number of aromatic nitrogens is 5. The van der Waals surface area contributed by atoms with Gasteiger partial charge in [0.05, 0.1) is 31.3 Å². The molecule has 1 aliphatic rings. The van der Waals surface area contributed by atoms with E-state index in [1.807, 2.05) is 13.0 Å². The SMILES string of the molecule is CCOc1ccc(S(=O)(=O)CN(CCCO)Cc2ccc(OC)cc2OC)cc1-c1nn2c(C3CCCC3)nnc2c(=O)[nH]1. The molecule has 0 bridgehead atoms. The minimum absolute atomic E-state index is 0.0363. The second-order valence-corrected chi connectivity index (χ2v) is 12.7. The Morgan fingerprint density at radius 1 is 1.07 bits per heavy atom. The molecule has 236 valence electrons. The minimum Gasteiger partial charge on any atom is -0.497 e. The number of hydrogen-bond acceptors (Lipinski definition) is 11. The molecule has 44 heavy (non-hydrogen) atoms. The lowest BCUT2D eigenvalue weighted by molar-refractivity contribution is 0.235. The fraction of sp³-hybridized carbons (Fsp3) is 0.467. The van der Waals surface area contributed by atoms with E-state index in [2.05, 4.69) is 20.3 Å². The van der Waals surface area contributed by atoms with Crippen molar-refractivity contribution < 1.29 is 27.7 Å². The summed E-state index contributed by atoms with van der Waals surface area (Å²) >= 11 is 0. The number of benzene rings is 2. The van der Waals surface area contributed by atoms with Crippen LogP contribution in [0.15, 0.2) is 46.1 Å². The molecule has 0 aliphatic heterocycles. The molecular weight excluding hydrogens is 588 g/mol. The van der Waals surface area contributed by atoms with Crippen LogP contribution in [0.2, 0.25) is 0 Å². The topological polar surface area (TPSA) is 161 Å². The third kappa shape index (κ3) is 6.71. The first-order valence-electron chi connectivity index (χ1n) is 14.7. The predicted molar refractivity (Wildman–Crippen MR) is 163 cm³/mol. The number of ether oxygens (including phenoxy) is 3. The molecule has 1 saturated carbocycles. The summed E-state index contributed by atoms with van der Waals surface area (Å²) in [7, 11) is -0.794. The Kier molecular flexibility index (Phi) is 9.81. The average Bonchev–Trinajstić information content (AvgIpc) is 3.71. The molecule has 1 aliphatic carbocycles. The highest BCUT2D eigenvalue weighted by atomic mass is 32.2. The van der Waals surface area contributed by atoms with Gasteiger partial charge in [0.2, 0.25) is 5.65 Å². The molecule has 2 N–H and O–H groups in total. The van der Waals surface area contributed by atoms with Gasteiger partial charge in [-0.05, 0) is 50.5 Å². The quantitative estimate of drug-likeness (QED) is 0.212. The first-order valence-corrected chi connectivity index (χ1v) is 16.3. The van der Waals surface area contributed by atoms with Gasteiger partial charge in [0.25, 0.3) is 5.56 Å². The summed E-state index contributed by atoms with van der Waals surface area (Å²) in [5.74, 6) is 2.17. The van der Waals surface area contributed by atoms with Crippen molar-refractivity contribution in [2.75, 3.05) is 39.9 Å². The van der Waals surface area contributed by atoms with Crippen molar-refractivity contribution in [1.29, 1.82) is 0 Å². The number of hydrogen-bond donors (Lipinski definition) is 2. The van der Waals surface area contributed by atoms with Crippen molar-refractivity contribution in [2.24, 2.45) is 0 Å². The predicted octanol–water partition coefficient (Wildman–Crippen LogP) is 3.17. The van der Waals surface area contributed by atoms with Crippen LogP contribution in [0.4, 0.5) is 0 Å². The molecule has 0 amide bonds. The number of methoxy groups -OCH3 is 2. The molecule has 0 atom stereocenters. The summed E-state index contributed by atoms with van der Waals surface area (Å²) in [6.45, 7) is 2.65. The molecule has 0 radical (unpaired) electrons. The maximum Gasteiger partial charge on any atom is 0.296 e. The van der Waals surface area contributed by atoms with Crippen LogP contribution >= 0.6 is 0 Å². The van der Waals surface area contributed by atoms with Crippen molar-refractivity contribution in [3.8, 4) is 28.6 Å². The Bertz CT molecular complexity index is 1770. The number of aliphatic hydroxyl groups excluding tert-OH is 1. The summed E-state index contributed by atoms with van der Waals surface area (Å²) in [6.07, 6.45) is 4.42. The molecule has 0 unspecified atom stereocenters. The number of H-pyrrole nitrogens is 1. The van der Waals surface area contributed by atoms with Gasteiger partial charge < -0.3 is 24.3 Å². The summed E-state index contributed by atoms with van der Waals surface area (Å²) in [6, 6.07) is 9.89. The molecule has 0 saturated heterocycles. The van der Waals surface area contributed by atoms with Crippen molar-refractivity contribution in [3.05, 3.63) is 58.1 Å². The largest absolute Gasteiger partial charge is 0.497 e. The van der Waals surface area contributed by atoms with Crippen LogP contribution in [0, 0.1) is 0 Å². The third-order valence-corrected chi connectivity index (χ3v) is 9.44. The summed E-state index contributed by atoms with van der Waals surface area (Å²) in [5, 5.41) is 22.5. The van der Waals surface area contributed by atoms with E-state index in [9.17, 15) is 18.3 Å². The normalized spacial score (nSPS) is 14.0. The van der Waals surface area contributed by atoms with Crippen LogP contribution in [-0.2, 0) is 16.4 Å². The number of aromatic amines is 1. The van der Waals surface area contributed by atoms with Gasteiger partial charge in [-0.15, -0.1) is 15.3 Å². The van der Waals surface area contributed by atoms with E-state index in [0.717, 1.165) is 31.2 Å². The highest BCUT2D eigenvalue weighted by Crippen LogP contribution is 2.34. The minimum atomic E-state index is -3.90. The zero-order valence-corrected chi connectivity index (χ0v) is 26.0. The maximum atomic E-state index is 13.9. The van der Waals surface area contributed by atoms with Crippen LogP contribution in [0.1, 0.15) is 56.3 Å². The van der Waals surface area contributed by atoms with Crippen LogP contribution in [-0.4, -0.2) is 83.1 Å². The lowest BCUT2D eigenvalue weighted by Crippen LogP contribution is -2.31. The third-order valence-electron chi connectivity index (χ3n) is 7.76. The van der Waals surface area contributed by atoms with Crippen molar-refractivity contribution in [3.63, 3.8) is 0 Å². The molecule has 2 aromatic carbocycles. The number of nitrogens with one attached hydrogen (secondary N) is 1. The van der Waals surface area contributed by atoms with E-state index in [1.165, 1.54) is 16.6 Å². The van der Waals surface area contributed by atoms with E-state index < -0.39 is 15.4 Å². The molecule has 1 fully saturated rings. The van der Waals surface area contributed by atoms with Gasteiger partial charge in [0.1, 0.15) is 23.1 Å². The summed E-state index contributed by atoms with van der Waals surface area (Å²) in [5.41, 5.74) is 0.713. The Labute approximate surface area is 255 Å². The smallest absolute Gasteiger partial charge is 0.296 e. The molecule has 0 spiro atoms. The van der Waals surface area contributed by atoms with Gasteiger partial charge in [-0.2, -0.15) is 4.52 Å². The van der Waals surface area contributed by atoms with Crippen molar-refractivity contribution in [1.82, 2.24) is 29.7 Å². The van der Waals surface area contributed by atoms with Gasteiger partial charge >= 0.3 is 0 Å². The number of sulfone groups is 1. The van der Waals surface area contributed by atoms with Gasteiger partial charge in [-0.3, -0.25) is 9.69 Å². The second kappa shape index (κ2) is 13.7. The number of fused-ring (bicyclic) bond motifs is 1. The van der Waals surface area contributed by atoms with Crippen LogP contribution in [0.5, 0.6) is 17.2 Å². The Morgan fingerprint density at radius 2 is 1.86 bits per heavy atom. The van der Waals surface area contributed by atoms with Crippen LogP contribution in [0.3, 0.4) is 0 Å². The molecule has 4 aromatic rings. The molecule has 2 aromatic heterocycles. The zero-order valence-electron chi connectivity index (χ0n) is 25.2. The Balaban J connectivity index is 1.51. The van der Waals surface area contributed by atoms with Crippen molar-refractivity contribution in [2.45, 2.75) is 56.4 Å². The van der Waals surface area contributed by atoms with Crippen molar-refractivity contribution >= 4 is 15.5 Å². The summed E-state index contributed by atoms with van der Waals surface area (Å²) in [4.78, 5) is 17.6. The number of rotatable bonds is 14. The van der Waals surface area contributed by atoms with Crippen LogP contribution in [0.25, 0.3) is 17.0 Å². The Hall–Kier alpha value is -4.01. The molecule has 5 rings (SSSR count). The zero-order chi connectivity index (χ0) is 31.3. The van der Waals surface area contributed by atoms with E-state index in [-0.39, 0.29) is 41.3 Å². The standard InChI is InChI=1S/C30H38N6O7S/c1-4-43-25-13-12-23(17-24(25)27-31-30(38)29-33-32-28(36(29)34-27)20-8-5-6-9-20)44(39,40)19-35(14-7-15-37)18-21-10-11-22(41-2)16-26(21)42-3/h10-13,16-17,20,37H,4-9,14-15,18-19H2,1-3H3,(H,31,34,38). The molecule has 14 heteroatoms. The highest BCUT2D eigenvalue weighted by Gasteiger charge is 2.26. The monoisotopic (exact) mass is 626 g/mol. The Morgan fingerprint density at radius 3 is 2.57 bits per heavy atom. The van der Waals surface area contributed by atoms with E-state index >= 15 is 0 Å². The summed E-state index contributed by atoms with van der Waals surface area (Å²) < 4.78 is 45.8. The first-order chi connectivity index (χ1) is 21.3. The fourth-order valence-electron chi connectivity index (χ4n) is 5.57. The van der Waals surface area contributed by atoms with E-state index in [1.54, 1.807) is 37.3 Å². The fourth-order valence-corrected chi connectivity index (χ4v) is 6.99. The van der Waals surface area contributed by atoms with Gasteiger partial charge in [-0.25, -0.2) is 8.42 Å². The highest BCUT2D eigenvalue weighted by molar-refractivity contribution is 7.91. The molecule has 2 heterocycles. The van der Waals surface area contributed by atoms with E-state index in [0.29, 0.717) is 48.2 Å². The second-order valence-electron chi connectivity index (χ2n) is 10.7. The van der Waals surface area contributed by atoms with Crippen LogP contribution < -0.4 is 19.8 Å². The van der Waals surface area contributed by atoms with Gasteiger partial charge in [0.15, 0.2) is 21.5 Å². The molecular formula is C30H38N6O7S. The van der Waals surface area contributed by atoms with Gasteiger partial charge in [-0.1, -0.05) is 18.9 Å². The molecule has 13 nitrogen and oxygen atoms in total. The number of aliphatic hydroxyl groups is 1. The maximum absolute atomic E-state index is 13.9. The lowest BCUT2D eigenvalue weighted by atomic mass is 10.1. The van der Waals surface area contributed by atoms with Gasteiger partial charge in [0, 0.05) is 37.2 Å². The number of nitrogens with zero attached hydrogens (tertiary/aromatic N) is 5. The van der Waals surface area contributed by atoms with E-state index in [4.69, 9.17) is 14.2 Å². The lowest BCUT2D eigenvalue weighted by Gasteiger charge is -2.23. The first kappa shape index (κ1) is 31.4. The average molecular weight is 627 g/mol.